The van der Waals surface area contributed by atoms with E-state index < -0.39 is 68.4 Å². The van der Waals surface area contributed by atoms with Crippen molar-refractivity contribution >= 4 is 39.1 Å². The molecule has 2 amide bonds. The molecule has 216 valence electrons. The monoisotopic (exact) mass is 600 g/mol. The maximum Gasteiger partial charge on any atom is 0.410 e. The largest absolute Gasteiger partial charge is 0.448 e. The van der Waals surface area contributed by atoms with E-state index in [-0.39, 0.29) is 53.7 Å². The molecule has 4 fully saturated rings. The van der Waals surface area contributed by atoms with Crippen LogP contribution in [0.5, 0.6) is 0 Å². The average Bonchev–Trinajstić information content (AvgIpc) is 3.33. The zero-order valence-electron chi connectivity index (χ0n) is 21.0. The lowest BCUT2D eigenvalue weighted by molar-refractivity contribution is -0.251. The SMILES string of the molecule is O=C(Nc1ccc(F)c(F)c1)c1ccc(Cl)c(S(=O)(=O)C2CC3CC(C2)C3(O)C(O)C(O)CN2CCOC2=O)c1. The first-order valence-corrected chi connectivity index (χ1v) is 14.5. The fourth-order valence-electron chi connectivity index (χ4n) is 5.98. The number of carbonyl (C=O) groups is 2. The van der Waals surface area contributed by atoms with Crippen molar-refractivity contribution in [1.29, 1.82) is 0 Å². The molecule has 0 aromatic heterocycles. The van der Waals surface area contributed by atoms with E-state index in [2.05, 4.69) is 5.32 Å². The highest BCUT2D eigenvalue weighted by Gasteiger charge is 2.64. The summed E-state index contributed by atoms with van der Waals surface area (Å²) in [6, 6.07) is 6.43. The van der Waals surface area contributed by atoms with Crippen LogP contribution in [0.2, 0.25) is 5.02 Å². The number of rotatable bonds is 8. The fourth-order valence-corrected chi connectivity index (χ4v) is 8.38. The molecule has 2 aromatic carbocycles. The summed E-state index contributed by atoms with van der Waals surface area (Å²) in [5.74, 6) is -4.29. The Kier molecular flexibility index (Phi) is 7.55. The number of nitrogens with zero attached hydrogens (tertiary/aromatic N) is 1. The molecule has 4 unspecified atom stereocenters. The van der Waals surface area contributed by atoms with Gasteiger partial charge in [-0.15, -0.1) is 0 Å². The van der Waals surface area contributed by atoms with Gasteiger partial charge in [-0.05, 0) is 61.4 Å². The van der Waals surface area contributed by atoms with Crippen LogP contribution in [0.4, 0.5) is 19.3 Å². The minimum Gasteiger partial charge on any atom is -0.448 e. The molecule has 40 heavy (non-hydrogen) atoms. The van der Waals surface area contributed by atoms with Crippen LogP contribution < -0.4 is 5.32 Å². The van der Waals surface area contributed by atoms with Crippen LogP contribution in [-0.4, -0.2) is 83.4 Å². The minimum atomic E-state index is -4.10. The normalized spacial score (nSPS) is 27.5. The molecule has 4 aliphatic rings. The molecule has 1 heterocycles. The van der Waals surface area contributed by atoms with Crippen LogP contribution in [0.1, 0.15) is 29.6 Å². The molecule has 3 saturated carbocycles. The van der Waals surface area contributed by atoms with Gasteiger partial charge in [0.05, 0.1) is 33.9 Å². The minimum absolute atomic E-state index is 0.0214. The first-order valence-electron chi connectivity index (χ1n) is 12.6. The molecule has 4 N–H and O–H groups in total. The molecule has 4 atom stereocenters. The quantitative estimate of drug-likeness (QED) is 0.360. The third-order valence-electron chi connectivity index (χ3n) is 8.18. The van der Waals surface area contributed by atoms with Crippen molar-refractivity contribution in [3.8, 4) is 0 Å². The van der Waals surface area contributed by atoms with Crippen LogP contribution in [0.25, 0.3) is 0 Å². The molecule has 2 aromatic rings. The van der Waals surface area contributed by atoms with Crippen molar-refractivity contribution in [2.75, 3.05) is 25.0 Å². The van der Waals surface area contributed by atoms with Gasteiger partial charge >= 0.3 is 6.09 Å². The third-order valence-corrected chi connectivity index (χ3v) is 10.8. The number of hydrogen-bond acceptors (Lipinski definition) is 8. The number of nitrogens with one attached hydrogen (secondary N) is 1. The number of aliphatic hydroxyl groups excluding tert-OH is 2. The zero-order chi connectivity index (χ0) is 29.0. The number of β-amino-alcohol motifs (C(OH)–C–C–N with tert-alkyl or cyclic N) is 1. The van der Waals surface area contributed by atoms with Crippen LogP contribution in [-0.2, 0) is 14.6 Å². The van der Waals surface area contributed by atoms with Gasteiger partial charge in [-0.3, -0.25) is 4.79 Å². The Labute approximate surface area is 233 Å². The van der Waals surface area contributed by atoms with E-state index in [9.17, 15) is 42.1 Å². The van der Waals surface area contributed by atoms with Crippen LogP contribution in [0.15, 0.2) is 41.3 Å². The number of aliphatic hydroxyl groups is 3. The van der Waals surface area contributed by atoms with Gasteiger partial charge in [0.1, 0.15) is 18.8 Å². The number of sulfone groups is 1. The van der Waals surface area contributed by atoms with E-state index >= 15 is 0 Å². The highest BCUT2D eigenvalue weighted by molar-refractivity contribution is 7.92. The summed E-state index contributed by atoms with van der Waals surface area (Å²) < 4.78 is 58.7. The first-order chi connectivity index (χ1) is 18.8. The first kappa shape index (κ1) is 28.7. The third kappa shape index (κ3) is 4.94. The molecular weight excluding hydrogens is 574 g/mol. The van der Waals surface area contributed by atoms with Gasteiger partial charge in [0.15, 0.2) is 21.5 Å². The molecule has 10 nitrogen and oxygen atoms in total. The number of halogens is 3. The summed E-state index contributed by atoms with van der Waals surface area (Å²) in [4.78, 5) is 25.3. The van der Waals surface area contributed by atoms with Gasteiger partial charge in [0.25, 0.3) is 5.91 Å². The van der Waals surface area contributed by atoms with Crippen LogP contribution in [0, 0.1) is 23.5 Å². The van der Waals surface area contributed by atoms with Crippen molar-refractivity contribution in [2.45, 2.75) is 47.2 Å². The number of hydrogen-bond donors (Lipinski definition) is 4. The Bertz CT molecular complexity index is 1450. The number of carbonyl (C=O) groups excluding carboxylic acids is 2. The lowest BCUT2D eigenvalue weighted by Gasteiger charge is -2.60. The molecule has 2 bridgehead atoms. The van der Waals surface area contributed by atoms with Crippen molar-refractivity contribution in [3.63, 3.8) is 0 Å². The second-order valence-electron chi connectivity index (χ2n) is 10.5. The van der Waals surface area contributed by atoms with E-state index in [0.29, 0.717) is 6.42 Å². The standard InChI is InChI=1S/C26H27ClF2N2O8S/c27-18-3-1-13(24(34)30-16-2-4-19(28)20(29)11-16)7-22(18)40(37,38)17-9-14-8-15(10-17)26(14,36)23(33)21(32)12-31-5-6-39-25(31)35/h1-4,7,11,14-15,17,21,23,32-33,36H,5-6,8-10,12H2,(H,30,34). The van der Waals surface area contributed by atoms with Crippen molar-refractivity contribution < 1.29 is 46.8 Å². The summed E-state index contributed by atoms with van der Waals surface area (Å²) in [5.41, 5.74) is -1.84. The van der Waals surface area contributed by atoms with Gasteiger partial charge in [-0.25, -0.2) is 22.0 Å². The van der Waals surface area contributed by atoms with Gasteiger partial charge < -0.3 is 30.3 Å². The second kappa shape index (κ2) is 10.5. The Hall–Kier alpha value is -2.84. The molecule has 0 radical (unpaired) electrons. The fraction of sp³-hybridized carbons (Fsp3) is 0.462. The Morgan fingerprint density at radius 2 is 1.82 bits per heavy atom. The summed E-state index contributed by atoms with van der Waals surface area (Å²) in [5, 5.41) is 33.9. The van der Waals surface area contributed by atoms with Crippen molar-refractivity contribution in [3.05, 3.63) is 58.6 Å². The number of ether oxygens (including phenoxy) is 1. The van der Waals surface area contributed by atoms with E-state index in [0.717, 1.165) is 24.3 Å². The van der Waals surface area contributed by atoms with Gasteiger partial charge in [-0.1, -0.05) is 11.6 Å². The topological polar surface area (TPSA) is 153 Å². The summed E-state index contributed by atoms with van der Waals surface area (Å²) in [7, 11) is -4.10. The highest BCUT2D eigenvalue weighted by Crippen LogP contribution is 2.57. The van der Waals surface area contributed by atoms with Gasteiger partial charge in [-0.2, -0.15) is 0 Å². The molecule has 6 rings (SSSR count). The Morgan fingerprint density at radius 1 is 1.12 bits per heavy atom. The van der Waals surface area contributed by atoms with E-state index in [1.807, 2.05) is 0 Å². The Balaban J connectivity index is 1.30. The summed E-state index contributed by atoms with van der Waals surface area (Å²) in [6.45, 7) is 0.165. The summed E-state index contributed by atoms with van der Waals surface area (Å²) >= 11 is 6.22. The average molecular weight is 601 g/mol. The molecule has 1 aliphatic heterocycles. The molecule has 0 spiro atoms. The van der Waals surface area contributed by atoms with Gasteiger partial charge in [0, 0.05) is 17.3 Å². The maximum absolute atomic E-state index is 13.6. The second-order valence-corrected chi connectivity index (χ2v) is 13.1. The number of amides is 2. The predicted molar refractivity (Wildman–Crippen MR) is 137 cm³/mol. The lowest BCUT2D eigenvalue weighted by atomic mass is 9.51. The number of benzene rings is 2. The predicted octanol–water partition coefficient (Wildman–Crippen LogP) is 2.35. The van der Waals surface area contributed by atoms with Crippen molar-refractivity contribution in [1.82, 2.24) is 4.90 Å². The van der Waals surface area contributed by atoms with E-state index in [1.165, 1.54) is 17.0 Å². The van der Waals surface area contributed by atoms with Crippen LogP contribution >= 0.6 is 11.6 Å². The molecule has 3 aliphatic carbocycles. The lowest BCUT2D eigenvalue weighted by Crippen LogP contribution is -2.70. The summed E-state index contributed by atoms with van der Waals surface area (Å²) in [6.07, 6.45) is -3.30. The smallest absolute Gasteiger partial charge is 0.410 e. The number of fused-ring (bicyclic) bond motifs is 2. The van der Waals surface area contributed by atoms with Gasteiger partial charge in [0.2, 0.25) is 0 Å². The molecule has 14 heteroatoms. The van der Waals surface area contributed by atoms with Crippen molar-refractivity contribution in [2.24, 2.45) is 11.8 Å². The number of cyclic esters (lactones) is 1. The zero-order valence-corrected chi connectivity index (χ0v) is 22.5. The Morgan fingerprint density at radius 3 is 2.45 bits per heavy atom. The highest BCUT2D eigenvalue weighted by atomic mass is 35.5. The molecule has 1 saturated heterocycles. The maximum atomic E-state index is 13.6. The van der Waals surface area contributed by atoms with Crippen LogP contribution in [0.3, 0.4) is 0 Å². The molecular formula is C26H27ClF2N2O8S. The van der Waals surface area contributed by atoms with E-state index in [1.54, 1.807) is 0 Å². The van der Waals surface area contributed by atoms with E-state index in [4.69, 9.17) is 16.3 Å². The number of anilines is 1.